The van der Waals surface area contributed by atoms with Gasteiger partial charge >= 0.3 is 0 Å². The Kier molecular flexibility index (Phi) is 3.86. The van der Waals surface area contributed by atoms with Gasteiger partial charge in [0.1, 0.15) is 11.6 Å². The summed E-state index contributed by atoms with van der Waals surface area (Å²) in [5.41, 5.74) is 5.63. The molecule has 1 aromatic rings. The van der Waals surface area contributed by atoms with E-state index in [0.29, 0.717) is 17.0 Å². The van der Waals surface area contributed by atoms with Crippen LogP contribution in [-0.2, 0) is 21.6 Å². The molecule has 6 nitrogen and oxygen atoms in total. The monoisotopic (exact) mass is 312 g/mol. The Hall–Kier alpha value is -1.44. The number of rotatable bonds is 3. The van der Waals surface area contributed by atoms with Crippen LogP contribution < -0.4 is 11.1 Å². The lowest BCUT2D eigenvalue weighted by Gasteiger charge is -2.41. The van der Waals surface area contributed by atoms with Gasteiger partial charge in [0.05, 0.1) is 16.8 Å². The molecule has 116 valence electrons. The van der Waals surface area contributed by atoms with Gasteiger partial charge in [0.25, 0.3) is 11.8 Å². The summed E-state index contributed by atoms with van der Waals surface area (Å²) in [4.78, 5) is 24.1. The van der Waals surface area contributed by atoms with Gasteiger partial charge in [-0.25, -0.2) is 0 Å². The molecule has 0 spiro atoms. The summed E-state index contributed by atoms with van der Waals surface area (Å²) in [7, 11) is 0. The maximum absolute atomic E-state index is 11.8. The van der Waals surface area contributed by atoms with Crippen LogP contribution in [0.2, 0.25) is 0 Å². The first-order chi connectivity index (χ1) is 9.57. The quantitative estimate of drug-likeness (QED) is 0.784. The largest absolute Gasteiger partial charge is 0.387 e. The zero-order valence-corrected chi connectivity index (χ0v) is 13.4. The number of aliphatic hydroxyl groups is 1. The molecule has 0 fully saturated rings. The van der Waals surface area contributed by atoms with Gasteiger partial charge in [-0.2, -0.15) is 0 Å². The Bertz CT molecular complexity index is 604. The molecule has 0 aromatic carbocycles. The fourth-order valence-corrected chi connectivity index (χ4v) is 4.11. The number of fused-ring (bicyclic) bond motifs is 1. The SMILES string of the molecule is CC1(C)Cc2c(sc(NC(=O)CO)c2C(N)=O)C(C)(C)O1. The van der Waals surface area contributed by atoms with Crippen LogP contribution in [0.4, 0.5) is 5.00 Å². The number of hydrogen-bond acceptors (Lipinski definition) is 5. The predicted molar refractivity (Wildman–Crippen MR) is 80.4 cm³/mol. The fourth-order valence-electron chi connectivity index (χ4n) is 2.83. The van der Waals surface area contributed by atoms with Crippen molar-refractivity contribution in [3.05, 3.63) is 16.0 Å². The summed E-state index contributed by atoms with van der Waals surface area (Å²) in [6.07, 6.45) is 0.537. The molecule has 0 unspecified atom stereocenters. The highest BCUT2D eigenvalue weighted by atomic mass is 32.1. The highest BCUT2D eigenvalue weighted by Gasteiger charge is 2.42. The predicted octanol–water partition coefficient (Wildman–Crippen LogP) is 1.36. The van der Waals surface area contributed by atoms with Crippen molar-refractivity contribution in [3.63, 3.8) is 0 Å². The van der Waals surface area contributed by atoms with E-state index in [2.05, 4.69) is 5.32 Å². The van der Waals surface area contributed by atoms with Crippen LogP contribution >= 0.6 is 11.3 Å². The molecule has 7 heteroatoms. The topological polar surface area (TPSA) is 102 Å². The molecule has 4 N–H and O–H groups in total. The van der Waals surface area contributed by atoms with Crippen LogP contribution in [0, 0.1) is 0 Å². The number of nitrogens with two attached hydrogens (primary N) is 1. The van der Waals surface area contributed by atoms with E-state index in [1.165, 1.54) is 11.3 Å². The molecule has 0 bridgehead atoms. The molecular formula is C14H20N2O4S. The van der Waals surface area contributed by atoms with E-state index in [1.54, 1.807) is 0 Å². The smallest absolute Gasteiger partial charge is 0.251 e. The molecule has 0 radical (unpaired) electrons. The maximum Gasteiger partial charge on any atom is 0.251 e. The number of carbonyl (C=O) groups excluding carboxylic acids is 2. The van der Waals surface area contributed by atoms with Crippen LogP contribution in [-0.4, -0.2) is 29.1 Å². The molecule has 0 atom stereocenters. The number of hydrogen-bond donors (Lipinski definition) is 3. The number of thiophene rings is 1. The Morgan fingerprint density at radius 1 is 1.38 bits per heavy atom. The second-order valence-electron chi connectivity index (χ2n) is 6.23. The lowest BCUT2D eigenvalue weighted by Crippen LogP contribution is -2.42. The molecule has 2 rings (SSSR count). The number of ether oxygens (including phenoxy) is 1. The Morgan fingerprint density at radius 3 is 2.52 bits per heavy atom. The summed E-state index contributed by atoms with van der Waals surface area (Å²) in [6.45, 7) is 7.10. The minimum atomic E-state index is -0.647. The van der Waals surface area contributed by atoms with E-state index in [9.17, 15) is 9.59 Å². The molecule has 2 heterocycles. The minimum absolute atomic E-state index is 0.321. The van der Waals surface area contributed by atoms with E-state index < -0.39 is 29.6 Å². The second kappa shape index (κ2) is 5.08. The van der Waals surface area contributed by atoms with Gasteiger partial charge in [-0.15, -0.1) is 11.3 Å². The Labute approximate surface area is 127 Å². The third kappa shape index (κ3) is 2.95. The van der Waals surface area contributed by atoms with Gasteiger partial charge in [0.2, 0.25) is 0 Å². The summed E-state index contributed by atoms with van der Waals surface area (Å²) in [6, 6.07) is 0. The van der Waals surface area contributed by atoms with E-state index in [1.807, 2.05) is 27.7 Å². The average Bonchev–Trinajstić information content (AvgIpc) is 2.65. The van der Waals surface area contributed by atoms with Crippen molar-refractivity contribution in [1.29, 1.82) is 0 Å². The zero-order valence-electron chi connectivity index (χ0n) is 12.6. The molecule has 1 aliphatic rings. The first-order valence-electron chi connectivity index (χ1n) is 6.64. The van der Waals surface area contributed by atoms with Gasteiger partial charge in [0.15, 0.2) is 0 Å². The fraction of sp³-hybridized carbons (Fsp3) is 0.571. The molecule has 1 aliphatic heterocycles. The van der Waals surface area contributed by atoms with Crippen LogP contribution in [0.5, 0.6) is 0 Å². The Balaban J connectivity index is 2.60. The molecule has 0 saturated heterocycles. The van der Waals surface area contributed by atoms with Crippen molar-refractivity contribution in [2.24, 2.45) is 5.73 Å². The average molecular weight is 312 g/mol. The summed E-state index contributed by atoms with van der Waals surface area (Å²) < 4.78 is 6.06. The van der Waals surface area contributed by atoms with E-state index in [4.69, 9.17) is 15.6 Å². The highest BCUT2D eigenvalue weighted by Crippen LogP contribution is 2.48. The number of nitrogens with one attached hydrogen (secondary N) is 1. The highest BCUT2D eigenvalue weighted by molar-refractivity contribution is 7.17. The van der Waals surface area contributed by atoms with Crippen molar-refractivity contribution in [3.8, 4) is 0 Å². The van der Waals surface area contributed by atoms with Gasteiger partial charge in [-0.3, -0.25) is 9.59 Å². The number of aliphatic hydroxyl groups excluding tert-OH is 1. The third-order valence-corrected chi connectivity index (χ3v) is 4.78. The number of primary amides is 1. The molecule has 0 aliphatic carbocycles. The molecular weight excluding hydrogens is 292 g/mol. The summed E-state index contributed by atoms with van der Waals surface area (Å²) >= 11 is 1.27. The molecule has 2 amide bonds. The van der Waals surface area contributed by atoms with Gasteiger partial charge in [-0.05, 0) is 33.3 Å². The Morgan fingerprint density at radius 2 is 2.00 bits per heavy atom. The van der Waals surface area contributed by atoms with Gasteiger partial charge in [0, 0.05) is 11.3 Å². The van der Waals surface area contributed by atoms with Crippen molar-refractivity contribution < 1.29 is 19.4 Å². The van der Waals surface area contributed by atoms with Crippen LogP contribution in [0.1, 0.15) is 48.5 Å². The second-order valence-corrected chi connectivity index (χ2v) is 7.25. The zero-order chi connectivity index (χ0) is 16.0. The maximum atomic E-state index is 11.8. The minimum Gasteiger partial charge on any atom is -0.387 e. The molecule has 0 saturated carbocycles. The molecule has 21 heavy (non-hydrogen) atoms. The summed E-state index contributed by atoms with van der Waals surface area (Å²) in [5, 5.41) is 11.8. The first-order valence-corrected chi connectivity index (χ1v) is 7.46. The molecule has 1 aromatic heterocycles. The standard InChI is InChI=1S/C14H20N2O4S/c1-13(2)5-7-9(11(15)19)12(16-8(18)6-17)21-10(7)14(3,4)20-13/h17H,5-6H2,1-4H3,(H2,15,19)(H,16,18). The summed E-state index contributed by atoms with van der Waals surface area (Å²) in [5.74, 6) is -1.16. The van der Waals surface area contributed by atoms with E-state index in [0.717, 1.165) is 10.4 Å². The third-order valence-electron chi connectivity index (χ3n) is 3.33. The van der Waals surface area contributed by atoms with Crippen LogP contribution in [0.3, 0.4) is 0 Å². The lowest BCUT2D eigenvalue weighted by molar-refractivity contribution is -0.135. The normalized spacial score (nSPS) is 18.9. The number of amides is 2. The number of anilines is 1. The van der Waals surface area contributed by atoms with Crippen molar-refractivity contribution in [1.82, 2.24) is 0 Å². The van der Waals surface area contributed by atoms with Crippen LogP contribution in [0.25, 0.3) is 0 Å². The van der Waals surface area contributed by atoms with Crippen LogP contribution in [0.15, 0.2) is 0 Å². The van der Waals surface area contributed by atoms with E-state index in [-0.39, 0.29) is 0 Å². The lowest BCUT2D eigenvalue weighted by atomic mass is 9.86. The van der Waals surface area contributed by atoms with Gasteiger partial charge in [-0.1, -0.05) is 0 Å². The van der Waals surface area contributed by atoms with Gasteiger partial charge < -0.3 is 20.9 Å². The number of carbonyl (C=O) groups is 2. The van der Waals surface area contributed by atoms with Crippen molar-refractivity contribution in [2.75, 3.05) is 11.9 Å². The first kappa shape index (κ1) is 15.9. The van der Waals surface area contributed by atoms with E-state index >= 15 is 0 Å². The van der Waals surface area contributed by atoms with Crippen molar-refractivity contribution >= 4 is 28.2 Å². The van der Waals surface area contributed by atoms with Crippen molar-refractivity contribution in [2.45, 2.75) is 45.3 Å².